The molecule has 1 aromatic carbocycles. The molecule has 0 aliphatic carbocycles. The van der Waals surface area contributed by atoms with Crippen LogP contribution in [-0.4, -0.2) is 90.9 Å². The van der Waals surface area contributed by atoms with Crippen molar-refractivity contribution in [3.05, 3.63) is 29.8 Å². The number of ether oxygens (including phenoxy) is 1. The summed E-state index contributed by atoms with van der Waals surface area (Å²) in [5, 5.41) is 21.8. The van der Waals surface area contributed by atoms with Gasteiger partial charge < -0.3 is 47.9 Å². The smallest absolute Gasteiger partial charge is 0.305 e. The normalized spacial score (nSPS) is 22.0. The number of nitrogens with zero attached hydrogens (tertiary/aromatic N) is 1. The van der Waals surface area contributed by atoms with E-state index in [-0.39, 0.29) is 31.8 Å². The van der Waals surface area contributed by atoms with E-state index in [0.717, 1.165) is 5.56 Å². The molecule has 1 aliphatic rings. The first-order valence-electron chi connectivity index (χ1n) is 13.8. The number of methoxy groups -OCH3 is 1. The van der Waals surface area contributed by atoms with Crippen LogP contribution in [0.3, 0.4) is 0 Å². The number of rotatable bonds is 11. The molecule has 43 heavy (non-hydrogen) atoms. The lowest BCUT2D eigenvalue weighted by molar-refractivity contribution is -0.141. The summed E-state index contributed by atoms with van der Waals surface area (Å²) >= 11 is 0. The van der Waals surface area contributed by atoms with Gasteiger partial charge in [-0.25, -0.2) is 0 Å². The number of hydrogen-bond acceptors (Lipinski definition) is 8. The van der Waals surface area contributed by atoms with E-state index in [4.69, 9.17) is 16.2 Å². The van der Waals surface area contributed by atoms with Crippen LogP contribution in [0.2, 0.25) is 0 Å². The summed E-state index contributed by atoms with van der Waals surface area (Å²) in [5.41, 5.74) is 11.5. The van der Waals surface area contributed by atoms with E-state index in [9.17, 15) is 33.9 Å². The highest BCUT2D eigenvalue weighted by Crippen LogP contribution is 2.14. The van der Waals surface area contributed by atoms with E-state index in [1.165, 1.54) is 7.11 Å². The van der Waals surface area contributed by atoms with Crippen LogP contribution in [0.25, 0.3) is 0 Å². The second-order valence-corrected chi connectivity index (χ2v) is 9.86. The highest BCUT2D eigenvalue weighted by molar-refractivity contribution is 5.97. The predicted octanol–water partition coefficient (Wildman–Crippen LogP) is -2.36. The molecule has 16 heteroatoms. The molecular weight excluding hydrogens is 564 g/mol. The van der Waals surface area contributed by atoms with Crippen molar-refractivity contribution in [3.8, 4) is 5.75 Å². The average molecular weight is 605 g/mol. The molecule has 10 N–H and O–H groups in total. The maximum absolute atomic E-state index is 13.4. The minimum atomic E-state index is -1.54. The molecule has 0 radical (unpaired) electrons. The van der Waals surface area contributed by atoms with Gasteiger partial charge in [0.2, 0.25) is 29.5 Å². The third kappa shape index (κ3) is 11.9. The summed E-state index contributed by atoms with van der Waals surface area (Å²) in [5.74, 6) is -4.70. The molecule has 1 saturated heterocycles. The minimum Gasteiger partial charge on any atom is -0.497 e. The zero-order chi connectivity index (χ0) is 31.9. The molecular formula is C27H40N8O8. The first-order chi connectivity index (χ1) is 20.4. The molecule has 0 bridgehead atoms. The van der Waals surface area contributed by atoms with Crippen molar-refractivity contribution in [3.63, 3.8) is 0 Å². The van der Waals surface area contributed by atoms with Crippen LogP contribution in [0.4, 0.5) is 0 Å². The Morgan fingerprint density at radius 3 is 2.05 bits per heavy atom. The lowest BCUT2D eigenvalue weighted by Gasteiger charge is -2.25. The SMILES string of the molecule is CC[C@@H]1NC(=O)[C@H](CCc2ccc(OC)cc2)NC(=O)[C@H](CC(=O)O)NC(=O)CNC(=O)[C@H](CCCN=C(N)N)NC1=O. The molecule has 0 saturated carbocycles. The van der Waals surface area contributed by atoms with Gasteiger partial charge in [0.1, 0.15) is 29.9 Å². The van der Waals surface area contributed by atoms with Crippen molar-refractivity contribution in [2.45, 2.75) is 69.6 Å². The Bertz CT molecular complexity index is 1190. The molecule has 2 rings (SSSR count). The number of carboxylic acids is 1. The monoisotopic (exact) mass is 604 g/mol. The van der Waals surface area contributed by atoms with Crippen LogP contribution in [0.15, 0.2) is 29.3 Å². The number of benzene rings is 1. The van der Waals surface area contributed by atoms with Gasteiger partial charge in [-0.05, 0) is 49.8 Å². The summed E-state index contributed by atoms with van der Waals surface area (Å²) in [6, 6.07) is 2.15. The number of aliphatic carboxylic acids is 1. The van der Waals surface area contributed by atoms with Gasteiger partial charge in [0.05, 0.1) is 20.1 Å². The van der Waals surface area contributed by atoms with Gasteiger partial charge in [-0.2, -0.15) is 0 Å². The molecule has 0 unspecified atom stereocenters. The maximum Gasteiger partial charge on any atom is 0.305 e. The zero-order valence-electron chi connectivity index (χ0n) is 24.2. The summed E-state index contributed by atoms with van der Waals surface area (Å²) in [6.45, 7) is 1.23. The molecule has 5 amide bonds. The molecule has 0 aromatic heterocycles. The second-order valence-electron chi connectivity index (χ2n) is 9.86. The molecule has 16 nitrogen and oxygen atoms in total. The van der Waals surface area contributed by atoms with E-state index in [0.29, 0.717) is 18.6 Å². The standard InChI is InChI=1S/C27H40N8O8/c1-3-17-24(40)34-18(5-4-12-30-27(28)29)23(39)31-14-21(36)32-20(13-22(37)38)26(42)35-19(25(41)33-17)11-8-15-6-9-16(43-2)10-7-15/h6-7,9-10,17-20H,3-5,8,11-14H2,1-2H3,(H,31,39)(H,32,36)(H,33,41)(H,34,40)(H,35,42)(H,37,38)(H4,28,29,30)/t17-,18-,19-,20-/m0/s1. The number of carboxylic acid groups (broad SMARTS) is 1. The van der Waals surface area contributed by atoms with E-state index >= 15 is 0 Å². The van der Waals surface area contributed by atoms with Crippen molar-refractivity contribution >= 4 is 41.5 Å². The number of amides is 5. The van der Waals surface area contributed by atoms with Gasteiger partial charge >= 0.3 is 5.97 Å². The molecule has 0 spiro atoms. The van der Waals surface area contributed by atoms with Crippen molar-refractivity contribution in [1.29, 1.82) is 0 Å². The average Bonchev–Trinajstić information content (AvgIpc) is 2.97. The number of guanidine groups is 1. The number of aryl methyl sites for hydroxylation is 1. The fourth-order valence-electron chi connectivity index (χ4n) is 4.23. The van der Waals surface area contributed by atoms with Gasteiger partial charge in [0, 0.05) is 6.54 Å². The summed E-state index contributed by atoms with van der Waals surface area (Å²) in [6.07, 6.45) is 0.204. The van der Waals surface area contributed by atoms with E-state index in [2.05, 4.69) is 31.6 Å². The van der Waals surface area contributed by atoms with Gasteiger partial charge in [0.25, 0.3) is 0 Å². The molecule has 1 heterocycles. The fraction of sp³-hybridized carbons (Fsp3) is 0.519. The number of hydrogen-bond donors (Lipinski definition) is 8. The van der Waals surface area contributed by atoms with E-state index in [1.807, 2.05) is 0 Å². The van der Waals surface area contributed by atoms with Crippen molar-refractivity contribution in [2.75, 3.05) is 20.2 Å². The van der Waals surface area contributed by atoms with Crippen LogP contribution in [-0.2, 0) is 35.2 Å². The van der Waals surface area contributed by atoms with Gasteiger partial charge in [-0.3, -0.25) is 33.8 Å². The van der Waals surface area contributed by atoms with Crippen LogP contribution >= 0.6 is 0 Å². The quantitative estimate of drug-likeness (QED) is 0.0757. The predicted molar refractivity (Wildman–Crippen MR) is 155 cm³/mol. The van der Waals surface area contributed by atoms with E-state index < -0.39 is 72.6 Å². The summed E-state index contributed by atoms with van der Waals surface area (Å²) < 4.78 is 5.16. The first kappa shape index (κ1) is 34.3. The Hall–Kier alpha value is -4.89. The van der Waals surface area contributed by atoms with Crippen LogP contribution < -0.4 is 42.8 Å². The molecule has 236 valence electrons. The number of aliphatic imine (C=N–C) groups is 1. The highest BCUT2D eigenvalue weighted by Gasteiger charge is 2.32. The van der Waals surface area contributed by atoms with Gasteiger partial charge in [0.15, 0.2) is 5.96 Å². The Kier molecular flexibility index (Phi) is 13.7. The third-order valence-electron chi connectivity index (χ3n) is 6.59. The van der Waals surface area contributed by atoms with Crippen molar-refractivity contribution < 1.29 is 38.6 Å². The van der Waals surface area contributed by atoms with Crippen LogP contribution in [0.1, 0.15) is 44.6 Å². The summed E-state index contributed by atoms with van der Waals surface area (Å²) in [4.78, 5) is 80.5. The maximum atomic E-state index is 13.4. The first-order valence-corrected chi connectivity index (χ1v) is 13.8. The molecule has 4 atom stereocenters. The molecule has 1 aromatic rings. The Morgan fingerprint density at radius 1 is 0.884 bits per heavy atom. The van der Waals surface area contributed by atoms with Crippen molar-refractivity contribution in [2.24, 2.45) is 16.5 Å². The Labute approximate surface area is 248 Å². The topological polar surface area (TPSA) is 256 Å². The van der Waals surface area contributed by atoms with Crippen molar-refractivity contribution in [1.82, 2.24) is 26.6 Å². The van der Waals surface area contributed by atoms with Gasteiger partial charge in [-0.15, -0.1) is 0 Å². The number of nitrogens with two attached hydrogens (primary N) is 2. The Morgan fingerprint density at radius 2 is 1.47 bits per heavy atom. The fourth-order valence-corrected chi connectivity index (χ4v) is 4.23. The largest absolute Gasteiger partial charge is 0.497 e. The number of nitrogens with one attached hydrogen (secondary N) is 5. The lowest BCUT2D eigenvalue weighted by Crippen LogP contribution is -2.57. The van der Waals surface area contributed by atoms with Crippen LogP contribution in [0.5, 0.6) is 5.75 Å². The summed E-state index contributed by atoms with van der Waals surface area (Å²) in [7, 11) is 1.53. The van der Waals surface area contributed by atoms with Crippen LogP contribution in [0, 0.1) is 0 Å². The molecule has 1 aliphatic heterocycles. The molecule has 1 fully saturated rings. The lowest BCUT2D eigenvalue weighted by atomic mass is 10.0. The highest BCUT2D eigenvalue weighted by atomic mass is 16.5. The number of carbonyl (C=O) groups is 6. The zero-order valence-corrected chi connectivity index (χ0v) is 24.2. The van der Waals surface area contributed by atoms with Gasteiger partial charge in [-0.1, -0.05) is 19.1 Å². The third-order valence-corrected chi connectivity index (χ3v) is 6.59. The Balaban J connectivity index is 2.35. The minimum absolute atomic E-state index is 0.0865. The van der Waals surface area contributed by atoms with E-state index in [1.54, 1.807) is 31.2 Å². The number of carbonyl (C=O) groups excluding carboxylic acids is 5. The second kappa shape index (κ2) is 17.2.